The molecule has 18 heavy (non-hydrogen) atoms. The smallest absolute Gasteiger partial charge is 0.119 e. The Morgan fingerprint density at radius 1 is 1.22 bits per heavy atom. The number of hydrogen-bond acceptors (Lipinski definition) is 3. The standard InChI is InChI=1S/C15H24N2O/c1-3-18-15-6-4-14(5-7-15)17-10-8-13(9-11-17)12-16-2/h4-7,13,16H,3,8-12H2,1-2H3. The van der Waals surface area contributed by atoms with Gasteiger partial charge >= 0.3 is 0 Å². The highest BCUT2D eigenvalue weighted by atomic mass is 16.5. The van der Waals surface area contributed by atoms with Gasteiger partial charge in [-0.3, -0.25) is 0 Å². The zero-order valence-corrected chi connectivity index (χ0v) is 11.5. The van der Waals surface area contributed by atoms with Gasteiger partial charge in [0.05, 0.1) is 6.61 Å². The lowest BCUT2D eigenvalue weighted by Crippen LogP contribution is -2.36. The topological polar surface area (TPSA) is 24.5 Å². The summed E-state index contributed by atoms with van der Waals surface area (Å²) in [6.45, 7) is 6.23. The molecule has 1 aliphatic rings. The summed E-state index contributed by atoms with van der Waals surface area (Å²) in [4.78, 5) is 2.47. The first kappa shape index (κ1) is 13.2. The van der Waals surface area contributed by atoms with Crippen molar-refractivity contribution in [1.29, 1.82) is 0 Å². The van der Waals surface area contributed by atoms with Gasteiger partial charge in [-0.05, 0) is 63.5 Å². The van der Waals surface area contributed by atoms with Crippen LogP contribution in [0.1, 0.15) is 19.8 Å². The highest BCUT2D eigenvalue weighted by Crippen LogP contribution is 2.24. The second-order valence-electron chi connectivity index (χ2n) is 4.92. The van der Waals surface area contributed by atoms with Crippen molar-refractivity contribution in [2.24, 2.45) is 5.92 Å². The summed E-state index contributed by atoms with van der Waals surface area (Å²) in [6.07, 6.45) is 2.57. The molecule has 0 aromatic heterocycles. The Morgan fingerprint density at radius 3 is 2.44 bits per heavy atom. The van der Waals surface area contributed by atoms with Gasteiger partial charge < -0.3 is 15.0 Å². The maximum atomic E-state index is 5.47. The molecule has 0 bridgehead atoms. The highest BCUT2D eigenvalue weighted by Gasteiger charge is 2.18. The molecule has 0 atom stereocenters. The summed E-state index contributed by atoms with van der Waals surface area (Å²) in [5, 5.41) is 3.28. The third-order valence-corrected chi connectivity index (χ3v) is 3.62. The number of nitrogens with one attached hydrogen (secondary N) is 1. The third-order valence-electron chi connectivity index (χ3n) is 3.62. The van der Waals surface area contributed by atoms with Crippen LogP contribution in [0.4, 0.5) is 5.69 Å². The van der Waals surface area contributed by atoms with Crippen LogP contribution >= 0.6 is 0 Å². The normalized spacial score (nSPS) is 16.9. The molecule has 100 valence electrons. The largest absolute Gasteiger partial charge is 0.494 e. The quantitative estimate of drug-likeness (QED) is 0.866. The number of ether oxygens (including phenoxy) is 1. The number of anilines is 1. The van der Waals surface area contributed by atoms with Crippen LogP contribution in [0.2, 0.25) is 0 Å². The fourth-order valence-corrected chi connectivity index (χ4v) is 2.60. The minimum Gasteiger partial charge on any atom is -0.494 e. The molecule has 0 spiro atoms. The van der Waals surface area contributed by atoms with Crippen LogP contribution in [-0.2, 0) is 0 Å². The minimum atomic E-state index is 0.731. The van der Waals surface area contributed by atoms with Gasteiger partial charge in [-0.2, -0.15) is 0 Å². The van der Waals surface area contributed by atoms with Gasteiger partial charge in [-0.25, -0.2) is 0 Å². The van der Waals surface area contributed by atoms with E-state index in [1.807, 2.05) is 14.0 Å². The monoisotopic (exact) mass is 248 g/mol. The maximum Gasteiger partial charge on any atom is 0.119 e. The molecule has 1 heterocycles. The van der Waals surface area contributed by atoms with Gasteiger partial charge in [0, 0.05) is 18.8 Å². The lowest BCUT2D eigenvalue weighted by molar-refractivity contribution is 0.340. The molecule has 3 nitrogen and oxygen atoms in total. The Balaban J connectivity index is 1.89. The van der Waals surface area contributed by atoms with Crippen molar-refractivity contribution in [3.63, 3.8) is 0 Å². The lowest BCUT2D eigenvalue weighted by Gasteiger charge is -2.33. The average molecular weight is 248 g/mol. The number of nitrogens with zero attached hydrogens (tertiary/aromatic N) is 1. The van der Waals surface area contributed by atoms with E-state index in [0.717, 1.165) is 24.8 Å². The van der Waals surface area contributed by atoms with Gasteiger partial charge in [-0.1, -0.05) is 0 Å². The first-order chi connectivity index (χ1) is 8.83. The zero-order valence-electron chi connectivity index (χ0n) is 11.5. The fourth-order valence-electron chi connectivity index (χ4n) is 2.60. The van der Waals surface area contributed by atoms with Crippen molar-refractivity contribution in [3.8, 4) is 5.75 Å². The van der Waals surface area contributed by atoms with E-state index >= 15 is 0 Å². The second kappa shape index (κ2) is 6.64. The molecule has 0 aliphatic carbocycles. The van der Waals surface area contributed by atoms with Crippen molar-refractivity contribution in [3.05, 3.63) is 24.3 Å². The summed E-state index contributed by atoms with van der Waals surface area (Å²) in [5.74, 6) is 1.81. The van der Waals surface area contributed by atoms with Gasteiger partial charge in [0.15, 0.2) is 0 Å². The molecule has 1 fully saturated rings. The fraction of sp³-hybridized carbons (Fsp3) is 0.600. The first-order valence-electron chi connectivity index (χ1n) is 6.96. The lowest BCUT2D eigenvalue weighted by atomic mass is 9.96. The Labute approximate surface area is 110 Å². The van der Waals surface area contributed by atoms with Gasteiger partial charge in [0.25, 0.3) is 0 Å². The highest BCUT2D eigenvalue weighted by molar-refractivity contribution is 5.49. The second-order valence-corrected chi connectivity index (χ2v) is 4.92. The first-order valence-corrected chi connectivity index (χ1v) is 6.96. The Bertz CT molecular complexity index is 342. The van der Waals surface area contributed by atoms with E-state index in [-0.39, 0.29) is 0 Å². The van der Waals surface area contributed by atoms with Crippen molar-refractivity contribution in [2.75, 3.05) is 38.2 Å². The molecule has 1 aromatic rings. The molecule has 1 N–H and O–H groups in total. The molecule has 0 unspecified atom stereocenters. The number of hydrogen-bond donors (Lipinski definition) is 1. The predicted octanol–water partition coefficient (Wildman–Crippen LogP) is 2.52. The SMILES string of the molecule is CCOc1ccc(N2CCC(CNC)CC2)cc1. The number of piperidine rings is 1. The summed E-state index contributed by atoms with van der Waals surface area (Å²) < 4.78 is 5.47. The van der Waals surface area contributed by atoms with Crippen molar-refractivity contribution in [2.45, 2.75) is 19.8 Å². The maximum absolute atomic E-state index is 5.47. The molecule has 0 radical (unpaired) electrons. The molecule has 0 saturated carbocycles. The van der Waals surface area contributed by atoms with E-state index in [1.165, 1.54) is 31.6 Å². The van der Waals surface area contributed by atoms with Crippen molar-refractivity contribution < 1.29 is 4.74 Å². The van der Waals surface area contributed by atoms with E-state index in [1.54, 1.807) is 0 Å². The molecular weight excluding hydrogens is 224 g/mol. The van der Waals surface area contributed by atoms with E-state index in [2.05, 4.69) is 34.5 Å². The summed E-state index contributed by atoms with van der Waals surface area (Å²) in [7, 11) is 2.04. The number of benzene rings is 1. The van der Waals surface area contributed by atoms with Crippen molar-refractivity contribution >= 4 is 5.69 Å². The van der Waals surface area contributed by atoms with Crippen LogP contribution in [0.3, 0.4) is 0 Å². The van der Waals surface area contributed by atoms with Crippen LogP contribution in [0.5, 0.6) is 5.75 Å². The number of rotatable bonds is 5. The minimum absolute atomic E-state index is 0.731. The molecule has 0 amide bonds. The summed E-state index contributed by atoms with van der Waals surface area (Å²) in [5.41, 5.74) is 1.32. The molecular formula is C15H24N2O. The van der Waals surface area contributed by atoms with E-state index in [0.29, 0.717) is 0 Å². The van der Waals surface area contributed by atoms with Crippen LogP contribution < -0.4 is 15.0 Å². The molecule has 3 heteroatoms. The van der Waals surface area contributed by atoms with Crippen LogP contribution in [0, 0.1) is 5.92 Å². The van der Waals surface area contributed by atoms with E-state index in [4.69, 9.17) is 4.74 Å². The molecule has 1 aromatic carbocycles. The van der Waals surface area contributed by atoms with Crippen molar-refractivity contribution in [1.82, 2.24) is 5.32 Å². The Morgan fingerprint density at radius 2 is 1.89 bits per heavy atom. The predicted molar refractivity (Wildman–Crippen MR) is 76.5 cm³/mol. The van der Waals surface area contributed by atoms with Crippen LogP contribution in [-0.4, -0.2) is 33.3 Å². The average Bonchev–Trinajstić information content (AvgIpc) is 2.41. The molecule has 2 rings (SSSR count). The summed E-state index contributed by atoms with van der Waals surface area (Å²) in [6, 6.07) is 8.48. The zero-order chi connectivity index (χ0) is 12.8. The Hall–Kier alpha value is -1.22. The van der Waals surface area contributed by atoms with Crippen LogP contribution in [0.15, 0.2) is 24.3 Å². The van der Waals surface area contributed by atoms with Gasteiger partial charge in [0.1, 0.15) is 5.75 Å². The third kappa shape index (κ3) is 3.39. The van der Waals surface area contributed by atoms with Gasteiger partial charge in [0.2, 0.25) is 0 Å². The van der Waals surface area contributed by atoms with E-state index < -0.39 is 0 Å². The molecule has 1 saturated heterocycles. The Kier molecular flexibility index (Phi) is 4.88. The van der Waals surface area contributed by atoms with Crippen LogP contribution in [0.25, 0.3) is 0 Å². The van der Waals surface area contributed by atoms with Gasteiger partial charge in [-0.15, -0.1) is 0 Å². The van der Waals surface area contributed by atoms with E-state index in [9.17, 15) is 0 Å². The molecule has 1 aliphatic heterocycles. The summed E-state index contributed by atoms with van der Waals surface area (Å²) >= 11 is 0.